The largest absolute Gasteiger partial charge is 0.477 e. The van der Waals surface area contributed by atoms with Gasteiger partial charge in [-0.15, -0.1) is 0 Å². The van der Waals surface area contributed by atoms with Crippen molar-refractivity contribution in [3.63, 3.8) is 0 Å². The second kappa shape index (κ2) is 8.58. The highest BCUT2D eigenvalue weighted by atomic mass is 35.5. The summed E-state index contributed by atoms with van der Waals surface area (Å²) < 4.78 is 10.5. The van der Waals surface area contributed by atoms with Crippen LogP contribution in [0.4, 0.5) is 0 Å². The molecule has 0 aromatic heterocycles. The monoisotopic (exact) mass is 373 g/mol. The van der Waals surface area contributed by atoms with Crippen molar-refractivity contribution in [3.05, 3.63) is 28.2 Å². The topological polar surface area (TPSA) is 55.8 Å². The van der Waals surface area contributed by atoms with Gasteiger partial charge in [-0.05, 0) is 43.9 Å². The maximum absolute atomic E-state index is 12.1. The van der Waals surface area contributed by atoms with E-state index in [1.807, 2.05) is 0 Å². The van der Waals surface area contributed by atoms with Crippen LogP contribution < -0.4 is 4.74 Å². The van der Waals surface area contributed by atoms with E-state index < -0.39 is 12.1 Å². The molecule has 2 rings (SSSR count). The smallest absolute Gasteiger partial charge is 0.347 e. The Morgan fingerprint density at radius 1 is 1.29 bits per heavy atom. The lowest BCUT2D eigenvalue weighted by atomic mass is 9.99. The minimum atomic E-state index is -0.877. The first kappa shape index (κ1) is 18.9. The van der Waals surface area contributed by atoms with Crippen molar-refractivity contribution in [2.24, 2.45) is 5.92 Å². The zero-order valence-electron chi connectivity index (χ0n) is 13.8. The minimum Gasteiger partial charge on any atom is -0.477 e. The van der Waals surface area contributed by atoms with E-state index in [9.17, 15) is 9.59 Å². The van der Waals surface area contributed by atoms with Gasteiger partial charge in [0.15, 0.2) is 12.7 Å². The van der Waals surface area contributed by atoms with Crippen molar-refractivity contribution in [3.8, 4) is 5.75 Å². The lowest BCUT2D eigenvalue weighted by molar-refractivity contribution is -0.157. The van der Waals surface area contributed by atoms with E-state index >= 15 is 0 Å². The van der Waals surface area contributed by atoms with Crippen molar-refractivity contribution in [1.82, 2.24) is 4.90 Å². The molecule has 132 valence electrons. The average Bonchev–Trinajstić information content (AvgIpc) is 2.55. The van der Waals surface area contributed by atoms with Crippen LogP contribution in [0.1, 0.15) is 26.7 Å². The van der Waals surface area contributed by atoms with Gasteiger partial charge in [0.05, 0.1) is 5.02 Å². The average molecular weight is 374 g/mol. The number of nitrogens with zero attached hydrogens (tertiary/aromatic N) is 1. The molecular weight excluding hydrogens is 353 g/mol. The predicted octanol–water partition coefficient (Wildman–Crippen LogP) is 3.56. The van der Waals surface area contributed by atoms with Gasteiger partial charge in [-0.2, -0.15) is 0 Å². The van der Waals surface area contributed by atoms with Gasteiger partial charge < -0.3 is 14.4 Å². The Hall–Kier alpha value is -1.46. The molecule has 0 N–H and O–H groups in total. The summed E-state index contributed by atoms with van der Waals surface area (Å²) in [7, 11) is 0. The molecule has 1 aromatic carbocycles. The fourth-order valence-corrected chi connectivity index (χ4v) is 2.86. The van der Waals surface area contributed by atoms with Crippen LogP contribution in [0.5, 0.6) is 5.75 Å². The SMILES string of the molecule is CC1CCN(C(=O)COC(=O)C(C)Oc2ccc(Cl)cc2Cl)CC1. The molecule has 1 aromatic rings. The van der Waals surface area contributed by atoms with E-state index in [1.54, 1.807) is 24.0 Å². The van der Waals surface area contributed by atoms with Crippen LogP contribution in [-0.4, -0.2) is 42.6 Å². The molecule has 24 heavy (non-hydrogen) atoms. The molecule has 1 atom stereocenters. The Kier molecular flexibility index (Phi) is 6.75. The zero-order chi connectivity index (χ0) is 17.7. The summed E-state index contributed by atoms with van der Waals surface area (Å²) in [4.78, 5) is 25.8. The molecule has 7 heteroatoms. The summed E-state index contributed by atoms with van der Waals surface area (Å²) >= 11 is 11.8. The van der Waals surface area contributed by atoms with Crippen LogP contribution in [0, 0.1) is 5.92 Å². The molecule has 0 aliphatic carbocycles. The maximum Gasteiger partial charge on any atom is 0.347 e. The molecule has 5 nitrogen and oxygen atoms in total. The summed E-state index contributed by atoms with van der Waals surface area (Å²) in [6, 6.07) is 4.72. The molecule has 1 unspecified atom stereocenters. The maximum atomic E-state index is 12.1. The summed E-state index contributed by atoms with van der Waals surface area (Å²) in [5.41, 5.74) is 0. The molecular formula is C17H21Cl2NO4. The lowest BCUT2D eigenvalue weighted by Gasteiger charge is -2.30. The number of carbonyl (C=O) groups excluding carboxylic acids is 2. The van der Waals surface area contributed by atoms with Crippen molar-refractivity contribution in [2.45, 2.75) is 32.8 Å². The van der Waals surface area contributed by atoms with Crippen LogP contribution in [0.25, 0.3) is 0 Å². The van der Waals surface area contributed by atoms with Gasteiger partial charge in [0.25, 0.3) is 5.91 Å². The van der Waals surface area contributed by atoms with E-state index in [2.05, 4.69) is 6.92 Å². The third-order valence-electron chi connectivity index (χ3n) is 4.00. The molecule has 1 aliphatic rings. The molecule has 0 bridgehead atoms. The van der Waals surface area contributed by atoms with Gasteiger partial charge in [0, 0.05) is 18.1 Å². The number of esters is 1. The molecule has 0 saturated carbocycles. The number of likely N-dealkylation sites (tertiary alicyclic amines) is 1. The van der Waals surface area contributed by atoms with E-state index in [0.717, 1.165) is 12.8 Å². The van der Waals surface area contributed by atoms with E-state index in [-0.39, 0.29) is 12.5 Å². The third-order valence-corrected chi connectivity index (χ3v) is 4.53. The Bertz CT molecular complexity index is 600. The van der Waals surface area contributed by atoms with Crippen molar-refractivity contribution >= 4 is 35.1 Å². The first-order valence-electron chi connectivity index (χ1n) is 7.93. The number of carbonyl (C=O) groups is 2. The zero-order valence-corrected chi connectivity index (χ0v) is 15.3. The van der Waals surface area contributed by atoms with E-state index in [1.165, 1.54) is 6.07 Å². The molecule has 1 heterocycles. The first-order chi connectivity index (χ1) is 11.4. The quantitative estimate of drug-likeness (QED) is 0.740. The molecule has 1 fully saturated rings. The van der Waals surface area contributed by atoms with Crippen molar-refractivity contribution < 1.29 is 19.1 Å². The standard InChI is InChI=1S/C17H21Cl2NO4/c1-11-5-7-20(8-6-11)16(21)10-23-17(22)12(2)24-15-4-3-13(18)9-14(15)19/h3-4,9,11-12H,5-8,10H2,1-2H3. The second-order valence-corrected chi connectivity index (χ2v) is 6.85. The van der Waals surface area contributed by atoms with Crippen LogP contribution in [0.3, 0.4) is 0 Å². The fourth-order valence-electron chi connectivity index (χ4n) is 2.41. The second-order valence-electron chi connectivity index (χ2n) is 6.01. The lowest BCUT2D eigenvalue weighted by Crippen LogP contribution is -2.41. The normalized spacial score (nSPS) is 16.6. The summed E-state index contributed by atoms with van der Waals surface area (Å²) in [5.74, 6) is 0.183. The number of amides is 1. The molecule has 1 amide bonds. The van der Waals surface area contributed by atoms with Crippen molar-refractivity contribution in [2.75, 3.05) is 19.7 Å². The van der Waals surface area contributed by atoms with Gasteiger partial charge >= 0.3 is 5.97 Å². The molecule has 1 saturated heterocycles. The summed E-state index contributed by atoms with van der Waals surface area (Å²) in [5, 5.41) is 0.782. The van der Waals surface area contributed by atoms with Gasteiger partial charge in [0.1, 0.15) is 5.75 Å². The van der Waals surface area contributed by atoms with Gasteiger partial charge in [-0.1, -0.05) is 30.1 Å². The predicted molar refractivity (Wildman–Crippen MR) is 92.5 cm³/mol. The first-order valence-corrected chi connectivity index (χ1v) is 8.68. The molecule has 0 radical (unpaired) electrons. The highest BCUT2D eigenvalue weighted by Crippen LogP contribution is 2.28. The molecule has 0 spiro atoms. The number of halogens is 2. The Balaban J connectivity index is 1.80. The van der Waals surface area contributed by atoms with Gasteiger partial charge in [-0.25, -0.2) is 4.79 Å². The Morgan fingerprint density at radius 3 is 2.58 bits per heavy atom. The number of benzene rings is 1. The van der Waals surface area contributed by atoms with Crippen molar-refractivity contribution in [1.29, 1.82) is 0 Å². The number of ether oxygens (including phenoxy) is 2. The Labute approximate surface area is 151 Å². The van der Waals surface area contributed by atoms with Crippen LogP contribution in [0.15, 0.2) is 18.2 Å². The van der Waals surface area contributed by atoms with Crippen LogP contribution in [0.2, 0.25) is 10.0 Å². The third kappa shape index (κ3) is 5.28. The number of rotatable bonds is 5. The van der Waals surface area contributed by atoms with Crippen LogP contribution >= 0.6 is 23.2 Å². The number of hydrogen-bond donors (Lipinski definition) is 0. The highest BCUT2D eigenvalue weighted by molar-refractivity contribution is 6.35. The fraction of sp³-hybridized carbons (Fsp3) is 0.529. The molecule has 1 aliphatic heterocycles. The van der Waals surface area contributed by atoms with E-state index in [0.29, 0.717) is 34.8 Å². The van der Waals surface area contributed by atoms with Gasteiger partial charge in [0.2, 0.25) is 0 Å². The Morgan fingerprint density at radius 2 is 1.96 bits per heavy atom. The summed E-state index contributed by atoms with van der Waals surface area (Å²) in [6.45, 7) is 4.87. The van der Waals surface area contributed by atoms with Crippen LogP contribution in [-0.2, 0) is 14.3 Å². The van der Waals surface area contributed by atoms with Gasteiger partial charge in [-0.3, -0.25) is 4.79 Å². The number of piperidine rings is 1. The number of hydrogen-bond acceptors (Lipinski definition) is 4. The highest BCUT2D eigenvalue weighted by Gasteiger charge is 2.23. The van der Waals surface area contributed by atoms with E-state index in [4.69, 9.17) is 32.7 Å². The summed E-state index contributed by atoms with van der Waals surface area (Å²) in [6.07, 6.45) is 1.08. The minimum absolute atomic E-state index is 0.174.